The normalized spacial score (nSPS) is 10.3. The lowest BCUT2D eigenvalue weighted by Crippen LogP contribution is -1.96. The Morgan fingerprint density at radius 3 is 2.70 bits per heavy atom. The van der Waals surface area contributed by atoms with E-state index in [1.807, 2.05) is 0 Å². The summed E-state index contributed by atoms with van der Waals surface area (Å²) in [7, 11) is 0. The molecule has 6 heteroatoms. The van der Waals surface area contributed by atoms with Gasteiger partial charge >= 0.3 is 0 Å². The molecule has 0 saturated heterocycles. The van der Waals surface area contributed by atoms with E-state index in [1.165, 1.54) is 6.07 Å². The fourth-order valence-corrected chi connectivity index (χ4v) is 2.41. The van der Waals surface area contributed by atoms with Gasteiger partial charge in [-0.25, -0.2) is 0 Å². The van der Waals surface area contributed by atoms with Crippen molar-refractivity contribution >= 4 is 33.2 Å². The summed E-state index contributed by atoms with van der Waals surface area (Å²) >= 11 is 9.30. The third kappa shape index (κ3) is 3.11. The van der Waals surface area contributed by atoms with Gasteiger partial charge < -0.3 is 4.74 Å². The zero-order valence-corrected chi connectivity index (χ0v) is 12.9. The first-order valence-electron chi connectivity index (χ1n) is 5.79. The zero-order valence-electron chi connectivity index (χ0n) is 10.6. The molecule has 0 N–H and O–H groups in total. The largest absolute Gasteiger partial charge is 0.457 e. The highest BCUT2D eigenvalue weighted by Gasteiger charge is 2.15. The van der Waals surface area contributed by atoms with Gasteiger partial charge in [-0.3, -0.25) is 10.1 Å². The van der Waals surface area contributed by atoms with Crippen LogP contribution in [-0.2, 0) is 5.33 Å². The molecule has 0 aliphatic heterocycles. The lowest BCUT2D eigenvalue weighted by atomic mass is 10.1. The number of nitrogens with zero attached hydrogens (tertiary/aromatic N) is 1. The van der Waals surface area contributed by atoms with E-state index in [0.717, 1.165) is 5.56 Å². The molecule has 4 nitrogen and oxygen atoms in total. The van der Waals surface area contributed by atoms with Crippen molar-refractivity contribution in [3.63, 3.8) is 0 Å². The maximum Gasteiger partial charge on any atom is 0.276 e. The van der Waals surface area contributed by atoms with Gasteiger partial charge in [0.1, 0.15) is 11.5 Å². The van der Waals surface area contributed by atoms with E-state index in [9.17, 15) is 10.1 Å². The highest BCUT2D eigenvalue weighted by atomic mass is 79.9. The second-order valence-electron chi connectivity index (χ2n) is 4.15. The van der Waals surface area contributed by atoms with Crippen molar-refractivity contribution in [3.05, 3.63) is 62.7 Å². The monoisotopic (exact) mass is 355 g/mol. The lowest BCUT2D eigenvalue weighted by Gasteiger charge is -2.12. The molecule has 0 saturated carbocycles. The van der Waals surface area contributed by atoms with E-state index in [4.69, 9.17) is 16.3 Å². The first kappa shape index (κ1) is 14.8. The Morgan fingerprint density at radius 1 is 1.30 bits per heavy atom. The van der Waals surface area contributed by atoms with E-state index in [0.29, 0.717) is 27.4 Å². The van der Waals surface area contributed by atoms with Crippen LogP contribution in [0.5, 0.6) is 11.5 Å². The third-order valence-electron chi connectivity index (χ3n) is 2.84. The van der Waals surface area contributed by atoms with Crippen LogP contribution in [-0.4, -0.2) is 4.92 Å². The topological polar surface area (TPSA) is 52.4 Å². The molecule has 104 valence electrons. The number of halogens is 2. The van der Waals surface area contributed by atoms with Gasteiger partial charge in [-0.15, -0.1) is 0 Å². The minimum absolute atomic E-state index is 0.0388. The lowest BCUT2D eigenvalue weighted by molar-refractivity contribution is -0.385. The number of rotatable bonds is 4. The van der Waals surface area contributed by atoms with Crippen molar-refractivity contribution in [2.75, 3.05) is 0 Å². The molecular formula is C14H11BrClNO3. The van der Waals surface area contributed by atoms with E-state index >= 15 is 0 Å². The summed E-state index contributed by atoms with van der Waals surface area (Å²) in [6.45, 7) is 1.66. The Hall–Kier alpha value is -1.59. The number of benzene rings is 2. The second kappa shape index (κ2) is 6.24. The van der Waals surface area contributed by atoms with Crippen LogP contribution in [0.1, 0.15) is 11.1 Å². The number of ether oxygens (including phenoxy) is 1. The van der Waals surface area contributed by atoms with Crippen LogP contribution in [0.2, 0.25) is 5.02 Å². The molecule has 0 unspecified atom stereocenters. The average molecular weight is 357 g/mol. The zero-order chi connectivity index (χ0) is 14.7. The maximum atomic E-state index is 10.9. The molecule has 2 aromatic carbocycles. The Labute approximate surface area is 129 Å². The molecule has 0 aliphatic carbocycles. The maximum absolute atomic E-state index is 10.9. The minimum Gasteiger partial charge on any atom is -0.457 e. The van der Waals surface area contributed by atoms with Gasteiger partial charge in [0, 0.05) is 22.0 Å². The molecule has 0 atom stereocenters. The number of hydrogen-bond donors (Lipinski definition) is 0. The van der Waals surface area contributed by atoms with Crippen LogP contribution in [0.3, 0.4) is 0 Å². The van der Waals surface area contributed by atoms with Gasteiger partial charge in [0.15, 0.2) is 0 Å². The molecule has 20 heavy (non-hydrogen) atoms. The number of nitro benzene ring substituents is 1. The van der Waals surface area contributed by atoms with Crippen LogP contribution in [0.4, 0.5) is 5.69 Å². The fourth-order valence-electron chi connectivity index (χ4n) is 1.78. The summed E-state index contributed by atoms with van der Waals surface area (Å²) in [6, 6.07) is 10.0. The molecular weight excluding hydrogens is 346 g/mol. The van der Waals surface area contributed by atoms with Crippen molar-refractivity contribution in [1.29, 1.82) is 0 Å². The standard InChI is InChI=1S/C14H11BrClNO3/c1-9-12(17(18)19)3-2-4-13(9)20-14-6-5-11(16)7-10(14)8-15/h2-7H,8H2,1H3. The summed E-state index contributed by atoms with van der Waals surface area (Å²) in [5.74, 6) is 1.08. The van der Waals surface area contributed by atoms with E-state index < -0.39 is 4.92 Å². The van der Waals surface area contributed by atoms with Gasteiger partial charge in [0.2, 0.25) is 0 Å². The van der Waals surface area contributed by atoms with Crippen molar-refractivity contribution in [2.24, 2.45) is 0 Å². The Kier molecular flexibility index (Phi) is 4.62. The summed E-state index contributed by atoms with van der Waals surface area (Å²) in [5, 5.41) is 12.1. The predicted octanol–water partition coefficient (Wildman–Crippen LogP) is 5.24. The molecule has 0 aromatic heterocycles. The van der Waals surface area contributed by atoms with Gasteiger partial charge in [-0.05, 0) is 31.2 Å². The summed E-state index contributed by atoms with van der Waals surface area (Å²) in [6.07, 6.45) is 0. The highest BCUT2D eigenvalue weighted by molar-refractivity contribution is 9.08. The Bertz CT molecular complexity index is 661. The second-order valence-corrected chi connectivity index (χ2v) is 5.14. The molecule has 0 fully saturated rings. The Balaban J connectivity index is 2.40. The fraction of sp³-hybridized carbons (Fsp3) is 0.143. The number of hydrogen-bond acceptors (Lipinski definition) is 3. The van der Waals surface area contributed by atoms with Crippen molar-refractivity contribution < 1.29 is 9.66 Å². The summed E-state index contributed by atoms with van der Waals surface area (Å²) in [4.78, 5) is 10.5. The molecule has 0 heterocycles. The average Bonchev–Trinajstić information content (AvgIpc) is 2.42. The first-order valence-corrected chi connectivity index (χ1v) is 7.29. The SMILES string of the molecule is Cc1c(Oc2ccc(Cl)cc2CBr)cccc1[N+](=O)[O-]. The smallest absolute Gasteiger partial charge is 0.276 e. The third-order valence-corrected chi connectivity index (χ3v) is 3.68. The van der Waals surface area contributed by atoms with E-state index in [2.05, 4.69) is 15.9 Å². The van der Waals surface area contributed by atoms with Crippen LogP contribution in [0, 0.1) is 17.0 Å². The summed E-state index contributed by atoms with van der Waals surface area (Å²) < 4.78 is 5.78. The van der Waals surface area contributed by atoms with Crippen molar-refractivity contribution in [3.8, 4) is 11.5 Å². The molecule has 0 radical (unpaired) electrons. The Morgan fingerprint density at radius 2 is 2.05 bits per heavy atom. The molecule has 0 amide bonds. The molecule has 0 spiro atoms. The number of alkyl halides is 1. The first-order chi connectivity index (χ1) is 9.52. The number of nitro groups is 1. The van der Waals surface area contributed by atoms with Crippen LogP contribution < -0.4 is 4.74 Å². The van der Waals surface area contributed by atoms with Crippen molar-refractivity contribution in [1.82, 2.24) is 0 Å². The van der Waals surface area contributed by atoms with Crippen LogP contribution in [0.15, 0.2) is 36.4 Å². The van der Waals surface area contributed by atoms with Gasteiger partial charge in [0.05, 0.1) is 10.5 Å². The molecule has 0 bridgehead atoms. The van der Waals surface area contributed by atoms with Crippen LogP contribution in [0.25, 0.3) is 0 Å². The molecule has 0 aliphatic rings. The predicted molar refractivity (Wildman–Crippen MR) is 82.0 cm³/mol. The van der Waals surface area contributed by atoms with Crippen molar-refractivity contribution in [2.45, 2.75) is 12.3 Å². The quantitative estimate of drug-likeness (QED) is 0.427. The van der Waals surface area contributed by atoms with E-state index in [1.54, 1.807) is 37.3 Å². The van der Waals surface area contributed by atoms with Gasteiger partial charge in [-0.2, -0.15) is 0 Å². The molecule has 2 aromatic rings. The minimum atomic E-state index is -0.421. The highest BCUT2D eigenvalue weighted by Crippen LogP contribution is 2.34. The van der Waals surface area contributed by atoms with E-state index in [-0.39, 0.29) is 5.69 Å². The molecule has 2 rings (SSSR count). The van der Waals surface area contributed by atoms with Gasteiger partial charge in [-0.1, -0.05) is 33.6 Å². The summed E-state index contributed by atoms with van der Waals surface area (Å²) in [5.41, 5.74) is 1.41. The van der Waals surface area contributed by atoms with Gasteiger partial charge in [0.25, 0.3) is 5.69 Å². The van der Waals surface area contributed by atoms with Crippen LogP contribution >= 0.6 is 27.5 Å².